The number of esters is 3. The Kier molecular flexibility index (Phi) is 52.7. The van der Waals surface area contributed by atoms with Crippen molar-refractivity contribution in [1.29, 1.82) is 0 Å². The fourth-order valence-corrected chi connectivity index (χ4v) is 14.6. The maximum Gasteiger partial charge on any atom is 0.472 e. The van der Waals surface area contributed by atoms with Crippen LogP contribution in [0.2, 0.25) is 0 Å². The van der Waals surface area contributed by atoms with Gasteiger partial charge in [-0.15, -0.1) is 0 Å². The summed E-state index contributed by atoms with van der Waals surface area (Å²) >= 11 is 0. The molecule has 11 N–H and O–H groups in total. The van der Waals surface area contributed by atoms with E-state index in [0.29, 0.717) is 25.2 Å². The molecule has 0 aromatic rings. The zero-order valence-corrected chi connectivity index (χ0v) is 63.5. The van der Waals surface area contributed by atoms with E-state index in [0.717, 1.165) is 89.9 Å². The van der Waals surface area contributed by atoms with Crippen LogP contribution in [0.25, 0.3) is 0 Å². The van der Waals surface area contributed by atoms with Crippen molar-refractivity contribution in [3.05, 3.63) is 0 Å². The molecule has 596 valence electrons. The maximum absolute atomic E-state index is 14.4. The van der Waals surface area contributed by atoms with E-state index in [2.05, 4.69) is 27.7 Å². The van der Waals surface area contributed by atoms with Gasteiger partial charge in [-0.3, -0.25) is 23.4 Å². The van der Waals surface area contributed by atoms with Crippen molar-refractivity contribution in [1.82, 2.24) is 0 Å². The second-order valence-electron chi connectivity index (χ2n) is 29.4. The first-order chi connectivity index (χ1) is 48.7. The van der Waals surface area contributed by atoms with E-state index < -0.39 is 156 Å². The molecule has 0 bridgehead atoms. The van der Waals surface area contributed by atoms with Crippen molar-refractivity contribution in [3.63, 3.8) is 0 Å². The van der Waals surface area contributed by atoms with Crippen LogP contribution in [0, 0.1) is 5.92 Å². The van der Waals surface area contributed by atoms with Crippen LogP contribution in [0.4, 0.5) is 0 Å². The molecular formula is C76H143O24P. The molecule has 0 spiro atoms. The fraction of sp³-hybridized carbons (Fsp3) is 0.961. The lowest BCUT2D eigenvalue weighted by molar-refractivity contribution is -0.360. The van der Waals surface area contributed by atoms with Crippen LogP contribution >= 0.6 is 7.82 Å². The minimum absolute atomic E-state index is 0.0311. The van der Waals surface area contributed by atoms with Gasteiger partial charge < -0.3 is 89.1 Å². The number of aliphatic hydroxyl groups excluding tert-OH is 10. The first kappa shape index (κ1) is 93.2. The molecule has 101 heavy (non-hydrogen) atoms. The van der Waals surface area contributed by atoms with Gasteiger partial charge in [-0.25, -0.2) is 4.57 Å². The number of hydrogen-bond acceptors (Lipinski definition) is 23. The highest BCUT2D eigenvalue weighted by Gasteiger charge is 2.58. The summed E-state index contributed by atoms with van der Waals surface area (Å²) in [6.07, 6.45) is 14.4. The number of aliphatic hydroxyl groups is 10. The van der Waals surface area contributed by atoms with Crippen LogP contribution in [-0.2, 0) is 61.2 Å². The van der Waals surface area contributed by atoms with Crippen molar-refractivity contribution >= 4 is 25.7 Å². The third-order valence-corrected chi connectivity index (χ3v) is 21.3. The van der Waals surface area contributed by atoms with Gasteiger partial charge in [0.25, 0.3) is 0 Å². The minimum Gasteiger partial charge on any atom is -0.463 e. The monoisotopic (exact) mass is 1470 g/mol. The first-order valence-electron chi connectivity index (χ1n) is 40.2. The second-order valence-corrected chi connectivity index (χ2v) is 30.8. The SMILES string of the molecule is CCCCCCCCCCCCCCCCCCCC(=O)OCC(COP(=O)(O)OC1C(OC2OC(CO)C(O)C(O)C2O)C(O)C(O)C(O)C1OC1OC(COC(=O)CCCCCCCCC(C)CCCCCCCC)C(O)C(O)C1O)OC(=O)CCCCCCCCCCCCCCC. The van der Waals surface area contributed by atoms with Gasteiger partial charge in [-0.1, -0.05) is 291 Å². The molecule has 19 unspecified atom stereocenters. The lowest BCUT2D eigenvalue weighted by atomic mass is 9.84. The Morgan fingerprint density at radius 1 is 0.376 bits per heavy atom. The maximum atomic E-state index is 14.4. The van der Waals surface area contributed by atoms with Gasteiger partial charge in [-0.2, -0.15) is 0 Å². The first-order valence-corrected chi connectivity index (χ1v) is 41.7. The Morgan fingerprint density at radius 3 is 1.07 bits per heavy atom. The van der Waals surface area contributed by atoms with E-state index >= 15 is 0 Å². The normalized spacial score (nSPS) is 27.4. The fourth-order valence-electron chi connectivity index (χ4n) is 13.7. The third kappa shape index (κ3) is 40.1. The highest BCUT2D eigenvalue weighted by Crippen LogP contribution is 2.49. The average Bonchev–Trinajstić information content (AvgIpc) is 0.763. The molecule has 1 aliphatic carbocycles. The number of carbonyl (C=O) groups excluding carboxylic acids is 3. The van der Waals surface area contributed by atoms with Crippen LogP contribution in [0.3, 0.4) is 0 Å². The summed E-state index contributed by atoms with van der Waals surface area (Å²) in [5.41, 5.74) is 0. The molecule has 3 fully saturated rings. The lowest BCUT2D eigenvalue weighted by Gasteiger charge is -2.49. The number of unbranched alkanes of at least 4 members (excludes halogenated alkanes) is 38. The second kappa shape index (κ2) is 57.1. The molecule has 24 nitrogen and oxygen atoms in total. The van der Waals surface area contributed by atoms with Crippen molar-refractivity contribution in [2.75, 3.05) is 26.4 Å². The van der Waals surface area contributed by atoms with Crippen molar-refractivity contribution in [2.24, 2.45) is 5.92 Å². The van der Waals surface area contributed by atoms with Crippen molar-refractivity contribution in [3.8, 4) is 0 Å². The molecule has 2 saturated heterocycles. The van der Waals surface area contributed by atoms with Gasteiger partial charge in [0, 0.05) is 19.3 Å². The summed E-state index contributed by atoms with van der Waals surface area (Å²) in [5, 5.41) is 110. The Balaban J connectivity index is 1.71. The van der Waals surface area contributed by atoms with Gasteiger partial charge in [0.05, 0.1) is 13.2 Å². The van der Waals surface area contributed by atoms with Crippen LogP contribution < -0.4 is 0 Å². The van der Waals surface area contributed by atoms with E-state index in [-0.39, 0.29) is 19.3 Å². The lowest BCUT2D eigenvalue weighted by Crippen LogP contribution is -2.69. The van der Waals surface area contributed by atoms with Crippen LogP contribution in [-0.4, -0.2) is 204 Å². The summed E-state index contributed by atoms with van der Waals surface area (Å²) in [6.45, 7) is 5.81. The van der Waals surface area contributed by atoms with E-state index in [1.165, 1.54) is 173 Å². The van der Waals surface area contributed by atoms with Gasteiger partial charge >= 0.3 is 25.7 Å². The highest BCUT2D eigenvalue weighted by atomic mass is 31.2. The zero-order chi connectivity index (χ0) is 74.1. The smallest absolute Gasteiger partial charge is 0.463 e. The Morgan fingerprint density at radius 2 is 0.693 bits per heavy atom. The molecule has 0 aromatic carbocycles. The van der Waals surface area contributed by atoms with Gasteiger partial charge in [0.15, 0.2) is 18.7 Å². The molecule has 25 heteroatoms. The number of rotatable bonds is 63. The summed E-state index contributed by atoms with van der Waals surface area (Å²) in [6, 6.07) is 0. The molecule has 0 radical (unpaired) electrons. The molecule has 19 atom stereocenters. The molecule has 1 saturated carbocycles. The van der Waals surface area contributed by atoms with Crippen LogP contribution in [0.15, 0.2) is 0 Å². The van der Waals surface area contributed by atoms with E-state index in [1.807, 2.05) is 0 Å². The van der Waals surface area contributed by atoms with Crippen LogP contribution in [0.1, 0.15) is 329 Å². The number of phosphoric acid groups is 1. The standard InChI is InChI=1S/C76H143O24P/c1-5-8-11-14-17-19-21-23-24-25-26-28-29-31-33-39-44-49-60(78)92-53-57(95-62(80)51-46-41-34-32-30-27-22-20-18-15-12-9-6-2)54-94-101(90,91)100-74-72(98-75-70(88)65(83)63(81)58(52-77)96-75)68(86)67(85)69(87)73(74)99-76-71(89)66(84)64(82)59(97-76)55-93-61(79)50-45-40-36-35-38-43-48-56(4)47-42-37-16-13-10-7-3/h56-59,63-77,81-89H,5-55H2,1-4H3,(H,90,91). The van der Waals surface area contributed by atoms with Gasteiger partial charge in [0.1, 0.15) is 98.7 Å². The number of phosphoric ester groups is 1. The Hall–Kier alpha value is -2.04. The summed E-state index contributed by atoms with van der Waals surface area (Å²) in [7, 11) is -5.69. The van der Waals surface area contributed by atoms with Crippen LogP contribution in [0.5, 0.6) is 0 Å². The minimum atomic E-state index is -5.69. The van der Waals surface area contributed by atoms with Gasteiger partial charge in [0.2, 0.25) is 0 Å². The summed E-state index contributed by atoms with van der Waals surface area (Å²) in [4.78, 5) is 51.1. The summed E-state index contributed by atoms with van der Waals surface area (Å²) in [5.74, 6) is -1.27. The zero-order valence-electron chi connectivity index (χ0n) is 62.6. The predicted molar refractivity (Wildman–Crippen MR) is 384 cm³/mol. The third-order valence-electron chi connectivity index (χ3n) is 20.3. The average molecular weight is 1470 g/mol. The highest BCUT2D eigenvalue weighted by molar-refractivity contribution is 7.47. The van der Waals surface area contributed by atoms with Gasteiger partial charge in [-0.05, 0) is 25.2 Å². The van der Waals surface area contributed by atoms with E-state index in [9.17, 15) is 74.9 Å². The number of ether oxygens (including phenoxy) is 7. The van der Waals surface area contributed by atoms with Crippen molar-refractivity contribution < 1.29 is 117 Å². The number of hydrogen-bond donors (Lipinski definition) is 11. The molecule has 3 aliphatic rings. The molecular weight excluding hydrogens is 1330 g/mol. The molecule has 0 aromatic heterocycles. The van der Waals surface area contributed by atoms with E-state index in [4.69, 9.17) is 42.2 Å². The Bertz CT molecular complexity index is 2100. The van der Waals surface area contributed by atoms with E-state index in [1.54, 1.807) is 0 Å². The predicted octanol–water partition coefficient (Wildman–Crippen LogP) is 12.0. The Labute approximate surface area is 606 Å². The quantitative estimate of drug-likeness (QED) is 0.0117. The molecule has 2 heterocycles. The van der Waals surface area contributed by atoms with Crippen molar-refractivity contribution in [2.45, 2.75) is 434 Å². The summed E-state index contributed by atoms with van der Waals surface area (Å²) < 4.78 is 65.2. The molecule has 0 amide bonds. The molecule has 3 rings (SSSR count). The largest absolute Gasteiger partial charge is 0.472 e. The number of carbonyl (C=O) groups is 3. The topological polar surface area (TPSA) is 374 Å². The molecule has 2 aliphatic heterocycles.